The number of amides is 1. The Morgan fingerprint density at radius 3 is 2.74 bits per heavy atom. The third-order valence-corrected chi connectivity index (χ3v) is 5.86. The SMILES string of the molecule is CC(=O)Nc1cccc(-c2nccnc2C2CCCN(C3CCCC3)C2)c1. The van der Waals surface area contributed by atoms with Crippen LogP contribution in [0.4, 0.5) is 5.69 Å². The summed E-state index contributed by atoms with van der Waals surface area (Å²) in [6, 6.07) is 8.67. The van der Waals surface area contributed by atoms with Crippen molar-refractivity contribution in [3.63, 3.8) is 0 Å². The van der Waals surface area contributed by atoms with Gasteiger partial charge in [0.25, 0.3) is 0 Å². The van der Waals surface area contributed by atoms with Crippen molar-refractivity contribution < 1.29 is 4.79 Å². The van der Waals surface area contributed by atoms with Crippen LogP contribution in [0.2, 0.25) is 0 Å². The Hall–Kier alpha value is -2.27. The summed E-state index contributed by atoms with van der Waals surface area (Å²) in [6.45, 7) is 3.83. The number of hydrogen-bond acceptors (Lipinski definition) is 4. The molecular weight excluding hydrogens is 336 g/mol. The fraction of sp³-hybridized carbons (Fsp3) is 0.500. The van der Waals surface area contributed by atoms with Gasteiger partial charge in [0.2, 0.25) is 5.91 Å². The number of likely N-dealkylation sites (tertiary alicyclic amines) is 1. The lowest BCUT2D eigenvalue weighted by atomic mass is 9.90. The molecule has 5 heteroatoms. The predicted octanol–water partition coefficient (Wildman–Crippen LogP) is 4.22. The molecular formula is C22H28N4O. The van der Waals surface area contributed by atoms with E-state index >= 15 is 0 Å². The Labute approximate surface area is 161 Å². The highest BCUT2D eigenvalue weighted by Crippen LogP contribution is 2.35. The van der Waals surface area contributed by atoms with Crippen LogP contribution in [0.15, 0.2) is 36.7 Å². The van der Waals surface area contributed by atoms with Crippen LogP contribution in [0.5, 0.6) is 0 Å². The minimum Gasteiger partial charge on any atom is -0.326 e. The highest BCUT2D eigenvalue weighted by atomic mass is 16.1. The molecule has 1 saturated carbocycles. The summed E-state index contributed by atoms with van der Waals surface area (Å²) in [4.78, 5) is 23.5. The topological polar surface area (TPSA) is 58.1 Å². The zero-order valence-electron chi connectivity index (χ0n) is 16.0. The van der Waals surface area contributed by atoms with Gasteiger partial charge < -0.3 is 5.32 Å². The Morgan fingerprint density at radius 2 is 1.93 bits per heavy atom. The zero-order valence-corrected chi connectivity index (χ0v) is 16.0. The molecule has 1 aromatic carbocycles. The minimum absolute atomic E-state index is 0.0639. The van der Waals surface area contributed by atoms with E-state index in [1.165, 1.54) is 52.0 Å². The molecule has 2 aliphatic rings. The number of carbonyl (C=O) groups excluding carboxylic acids is 1. The first-order chi connectivity index (χ1) is 13.2. The lowest BCUT2D eigenvalue weighted by Gasteiger charge is -2.37. The highest BCUT2D eigenvalue weighted by molar-refractivity contribution is 5.89. The fourth-order valence-electron chi connectivity index (χ4n) is 4.65. The van der Waals surface area contributed by atoms with E-state index in [9.17, 15) is 4.79 Å². The van der Waals surface area contributed by atoms with Crippen LogP contribution in [0, 0.1) is 0 Å². The molecule has 1 amide bonds. The normalized spacial score (nSPS) is 21.3. The number of nitrogens with one attached hydrogen (secondary N) is 1. The van der Waals surface area contributed by atoms with Gasteiger partial charge in [0.05, 0.1) is 11.4 Å². The van der Waals surface area contributed by atoms with Gasteiger partial charge in [-0.3, -0.25) is 19.7 Å². The number of benzene rings is 1. The van der Waals surface area contributed by atoms with Gasteiger partial charge in [0.1, 0.15) is 0 Å². The van der Waals surface area contributed by atoms with Gasteiger partial charge >= 0.3 is 0 Å². The van der Waals surface area contributed by atoms with Crippen LogP contribution in [0.3, 0.4) is 0 Å². The van der Waals surface area contributed by atoms with E-state index in [1.807, 2.05) is 24.4 Å². The van der Waals surface area contributed by atoms with E-state index in [0.717, 1.165) is 35.2 Å². The molecule has 0 bridgehead atoms. The van der Waals surface area contributed by atoms with E-state index < -0.39 is 0 Å². The molecule has 2 heterocycles. The van der Waals surface area contributed by atoms with Crippen molar-refractivity contribution in [2.75, 3.05) is 18.4 Å². The van der Waals surface area contributed by atoms with Crippen molar-refractivity contribution >= 4 is 11.6 Å². The lowest BCUT2D eigenvalue weighted by molar-refractivity contribution is -0.114. The van der Waals surface area contributed by atoms with E-state index in [1.54, 1.807) is 6.20 Å². The summed E-state index contributed by atoms with van der Waals surface area (Å²) in [5.74, 6) is 0.360. The molecule has 5 nitrogen and oxygen atoms in total. The second kappa shape index (κ2) is 8.17. The van der Waals surface area contributed by atoms with Gasteiger partial charge in [-0.15, -0.1) is 0 Å². The number of rotatable bonds is 4. The Balaban J connectivity index is 1.60. The average Bonchev–Trinajstić information content (AvgIpc) is 3.23. The first-order valence-corrected chi connectivity index (χ1v) is 10.1. The number of aromatic nitrogens is 2. The number of hydrogen-bond donors (Lipinski definition) is 1. The largest absolute Gasteiger partial charge is 0.326 e. The van der Waals surface area contributed by atoms with Crippen molar-refractivity contribution in [3.8, 4) is 11.3 Å². The monoisotopic (exact) mass is 364 g/mol. The number of piperidine rings is 1. The first-order valence-electron chi connectivity index (χ1n) is 10.1. The van der Waals surface area contributed by atoms with Crippen molar-refractivity contribution in [1.29, 1.82) is 0 Å². The molecule has 0 radical (unpaired) electrons. The molecule has 1 aromatic heterocycles. The molecule has 2 fully saturated rings. The van der Waals surface area contributed by atoms with Crippen molar-refractivity contribution in [2.45, 2.75) is 57.4 Å². The minimum atomic E-state index is -0.0639. The lowest BCUT2D eigenvalue weighted by Crippen LogP contribution is -2.41. The van der Waals surface area contributed by atoms with Crippen molar-refractivity contribution in [1.82, 2.24) is 14.9 Å². The Morgan fingerprint density at radius 1 is 1.11 bits per heavy atom. The molecule has 1 unspecified atom stereocenters. The third-order valence-electron chi connectivity index (χ3n) is 5.86. The summed E-state index contributed by atoms with van der Waals surface area (Å²) >= 11 is 0. The molecule has 0 spiro atoms. The van der Waals surface area contributed by atoms with Crippen molar-refractivity contribution in [2.24, 2.45) is 0 Å². The first kappa shape index (κ1) is 18.1. The van der Waals surface area contributed by atoms with Gasteiger partial charge in [0.15, 0.2) is 0 Å². The van der Waals surface area contributed by atoms with Crippen LogP contribution < -0.4 is 5.32 Å². The molecule has 1 N–H and O–H groups in total. The maximum atomic E-state index is 11.4. The molecule has 1 atom stereocenters. The molecule has 1 aliphatic heterocycles. The molecule has 1 saturated heterocycles. The summed E-state index contributed by atoms with van der Waals surface area (Å²) < 4.78 is 0. The Bertz CT molecular complexity index is 800. The maximum Gasteiger partial charge on any atom is 0.221 e. The average molecular weight is 364 g/mol. The van der Waals surface area contributed by atoms with Gasteiger partial charge in [0, 0.05) is 49.1 Å². The summed E-state index contributed by atoms with van der Waals surface area (Å²) in [5, 5.41) is 2.86. The van der Waals surface area contributed by atoms with Crippen LogP contribution >= 0.6 is 0 Å². The summed E-state index contributed by atoms with van der Waals surface area (Å²) in [6.07, 6.45) is 11.4. The highest BCUT2D eigenvalue weighted by Gasteiger charge is 2.30. The van der Waals surface area contributed by atoms with Crippen LogP contribution in [0.1, 0.15) is 57.1 Å². The second-order valence-electron chi connectivity index (χ2n) is 7.82. The second-order valence-corrected chi connectivity index (χ2v) is 7.82. The maximum absolute atomic E-state index is 11.4. The zero-order chi connectivity index (χ0) is 18.6. The predicted molar refractivity (Wildman–Crippen MR) is 108 cm³/mol. The van der Waals surface area contributed by atoms with Crippen LogP contribution in [-0.4, -0.2) is 39.9 Å². The quantitative estimate of drug-likeness (QED) is 0.882. The van der Waals surface area contributed by atoms with Crippen molar-refractivity contribution in [3.05, 3.63) is 42.4 Å². The smallest absolute Gasteiger partial charge is 0.221 e. The van der Waals surface area contributed by atoms with Gasteiger partial charge in [-0.25, -0.2) is 0 Å². The number of nitrogens with zero attached hydrogens (tertiary/aromatic N) is 3. The summed E-state index contributed by atoms with van der Waals surface area (Å²) in [5.41, 5.74) is 3.86. The van der Waals surface area contributed by atoms with E-state index in [2.05, 4.69) is 21.3 Å². The Kier molecular flexibility index (Phi) is 5.48. The molecule has 1 aliphatic carbocycles. The standard InChI is InChI=1S/C22H28N4O/c1-16(27)25-19-8-4-6-17(14-19)21-22(24-12-11-23-21)18-7-5-13-26(15-18)20-9-2-3-10-20/h4,6,8,11-12,14,18,20H,2-3,5,7,9-10,13,15H2,1H3,(H,25,27). The van der Waals surface area contributed by atoms with Crippen LogP contribution in [0.25, 0.3) is 11.3 Å². The van der Waals surface area contributed by atoms with Crippen LogP contribution in [-0.2, 0) is 4.79 Å². The molecule has 2 aromatic rings. The molecule has 4 rings (SSSR count). The molecule has 27 heavy (non-hydrogen) atoms. The van der Waals surface area contributed by atoms with Gasteiger partial charge in [-0.05, 0) is 44.4 Å². The van der Waals surface area contributed by atoms with E-state index in [4.69, 9.17) is 4.98 Å². The van der Waals surface area contributed by atoms with E-state index in [-0.39, 0.29) is 5.91 Å². The number of carbonyl (C=O) groups is 1. The summed E-state index contributed by atoms with van der Waals surface area (Å²) in [7, 11) is 0. The number of anilines is 1. The van der Waals surface area contributed by atoms with E-state index in [0.29, 0.717) is 5.92 Å². The van der Waals surface area contributed by atoms with Gasteiger partial charge in [-0.1, -0.05) is 25.0 Å². The third kappa shape index (κ3) is 4.19. The molecule has 142 valence electrons. The fourth-order valence-corrected chi connectivity index (χ4v) is 4.65. The van der Waals surface area contributed by atoms with Gasteiger partial charge in [-0.2, -0.15) is 0 Å².